The predicted molar refractivity (Wildman–Crippen MR) is 192 cm³/mol. The molecular formula is C44H25N3. The molecular weight excluding hydrogens is 571 g/mol. The highest BCUT2D eigenvalue weighted by Gasteiger charge is 2.51. The van der Waals surface area contributed by atoms with E-state index >= 15 is 0 Å². The van der Waals surface area contributed by atoms with Gasteiger partial charge in [-0.1, -0.05) is 127 Å². The van der Waals surface area contributed by atoms with E-state index in [2.05, 4.69) is 140 Å². The van der Waals surface area contributed by atoms with E-state index in [1.54, 1.807) is 0 Å². The van der Waals surface area contributed by atoms with Crippen LogP contribution in [-0.4, -0.2) is 15.0 Å². The Morgan fingerprint density at radius 1 is 0.404 bits per heavy atom. The molecule has 0 fully saturated rings. The molecule has 47 heavy (non-hydrogen) atoms. The molecule has 0 bridgehead atoms. The molecule has 0 amide bonds. The van der Waals surface area contributed by atoms with Crippen LogP contribution < -0.4 is 0 Å². The van der Waals surface area contributed by atoms with Crippen LogP contribution in [0.3, 0.4) is 0 Å². The highest BCUT2D eigenvalue weighted by atomic mass is 14.8. The van der Waals surface area contributed by atoms with E-state index in [9.17, 15) is 0 Å². The number of fused-ring (bicyclic) bond motifs is 16. The molecule has 3 heterocycles. The van der Waals surface area contributed by atoms with Crippen molar-refractivity contribution in [2.75, 3.05) is 0 Å². The average molecular weight is 596 g/mol. The second kappa shape index (κ2) is 8.96. The Kier molecular flexibility index (Phi) is 4.78. The first-order valence-corrected chi connectivity index (χ1v) is 16.1. The zero-order chi connectivity index (χ0) is 30.7. The van der Waals surface area contributed by atoms with Crippen LogP contribution in [0.1, 0.15) is 22.3 Å². The van der Waals surface area contributed by atoms with E-state index in [-0.39, 0.29) is 0 Å². The van der Waals surface area contributed by atoms with Crippen LogP contribution in [0.4, 0.5) is 0 Å². The van der Waals surface area contributed by atoms with E-state index in [1.165, 1.54) is 44.5 Å². The van der Waals surface area contributed by atoms with Crippen LogP contribution in [0.5, 0.6) is 0 Å². The quantitative estimate of drug-likeness (QED) is 0.140. The lowest BCUT2D eigenvalue weighted by atomic mass is 9.70. The maximum atomic E-state index is 5.40. The third-order valence-electron chi connectivity index (χ3n) is 10.5. The van der Waals surface area contributed by atoms with Gasteiger partial charge in [-0.2, -0.15) is 0 Å². The Bertz CT molecular complexity index is 2750. The molecule has 0 radical (unpaired) electrons. The van der Waals surface area contributed by atoms with Gasteiger partial charge < -0.3 is 0 Å². The van der Waals surface area contributed by atoms with E-state index in [0.717, 1.165) is 54.9 Å². The topological polar surface area (TPSA) is 38.7 Å². The van der Waals surface area contributed by atoms with Gasteiger partial charge in [-0.3, -0.25) is 4.98 Å². The third-order valence-corrected chi connectivity index (χ3v) is 10.5. The second-order valence-electron chi connectivity index (χ2n) is 12.7. The van der Waals surface area contributed by atoms with Crippen LogP contribution in [0.2, 0.25) is 0 Å². The minimum absolute atomic E-state index is 0.395. The summed E-state index contributed by atoms with van der Waals surface area (Å²) >= 11 is 0. The SMILES string of the molecule is c1ccc2c(c1)-c1ccccc1C21c2ccccc2-c2ccc(-c3nc4cc5ccc6cccnc6c5nc4c4ccccc34)cc21. The summed E-state index contributed by atoms with van der Waals surface area (Å²) in [6.45, 7) is 0. The predicted octanol–water partition coefficient (Wildman–Crippen LogP) is 10.5. The van der Waals surface area contributed by atoms with Crippen LogP contribution in [0, 0.1) is 0 Å². The minimum Gasteiger partial charge on any atom is -0.254 e. The fourth-order valence-electron chi connectivity index (χ4n) is 8.59. The fourth-order valence-corrected chi connectivity index (χ4v) is 8.59. The second-order valence-corrected chi connectivity index (χ2v) is 12.7. The van der Waals surface area contributed by atoms with Crippen molar-refractivity contribution in [1.29, 1.82) is 0 Å². The summed E-state index contributed by atoms with van der Waals surface area (Å²) in [5.74, 6) is 0. The summed E-state index contributed by atoms with van der Waals surface area (Å²) in [5.41, 5.74) is 15.9. The van der Waals surface area contributed by atoms with Gasteiger partial charge in [-0.25, -0.2) is 9.97 Å². The molecule has 9 aromatic rings. The molecule has 1 spiro atoms. The Hall–Kier alpha value is -6.19. The highest BCUT2D eigenvalue weighted by Crippen LogP contribution is 2.63. The van der Waals surface area contributed by atoms with E-state index in [0.29, 0.717) is 0 Å². The van der Waals surface area contributed by atoms with Gasteiger partial charge in [0.15, 0.2) is 0 Å². The van der Waals surface area contributed by atoms with Gasteiger partial charge in [0, 0.05) is 33.3 Å². The van der Waals surface area contributed by atoms with Gasteiger partial charge in [-0.15, -0.1) is 0 Å². The van der Waals surface area contributed by atoms with Crippen molar-refractivity contribution in [3.8, 4) is 33.5 Å². The molecule has 3 aromatic heterocycles. The number of pyridine rings is 3. The van der Waals surface area contributed by atoms with Gasteiger partial charge in [0.1, 0.15) is 0 Å². The first-order valence-electron chi connectivity index (χ1n) is 16.1. The Morgan fingerprint density at radius 3 is 1.74 bits per heavy atom. The van der Waals surface area contributed by atoms with Crippen molar-refractivity contribution in [3.63, 3.8) is 0 Å². The molecule has 6 aromatic carbocycles. The number of nitrogens with zero attached hydrogens (tertiary/aromatic N) is 3. The van der Waals surface area contributed by atoms with Crippen molar-refractivity contribution in [2.24, 2.45) is 0 Å². The highest BCUT2D eigenvalue weighted by molar-refractivity contribution is 6.14. The van der Waals surface area contributed by atoms with E-state index < -0.39 is 5.41 Å². The average Bonchev–Trinajstić information content (AvgIpc) is 3.61. The normalized spacial score (nSPS) is 13.7. The van der Waals surface area contributed by atoms with Gasteiger partial charge in [0.2, 0.25) is 0 Å². The Morgan fingerprint density at radius 2 is 1.02 bits per heavy atom. The lowest BCUT2D eigenvalue weighted by Gasteiger charge is -2.30. The van der Waals surface area contributed by atoms with Gasteiger partial charge in [0.05, 0.1) is 33.2 Å². The number of hydrogen-bond donors (Lipinski definition) is 0. The molecule has 2 aliphatic carbocycles. The minimum atomic E-state index is -0.395. The third kappa shape index (κ3) is 3.13. The monoisotopic (exact) mass is 595 g/mol. The van der Waals surface area contributed by atoms with Crippen LogP contribution >= 0.6 is 0 Å². The summed E-state index contributed by atoms with van der Waals surface area (Å²) in [6, 6.07) is 52.9. The van der Waals surface area contributed by atoms with E-state index in [4.69, 9.17) is 15.0 Å². The summed E-state index contributed by atoms with van der Waals surface area (Å²) in [7, 11) is 0. The standard InChI is InChI=1S/C44H25N3/c1-2-15-34-33(14-1)40(46-39-25-28-20-19-26-10-9-23-45-41(26)42(28)47-43(34)39)27-21-22-32-31-13-5-8-18-37(31)44(38(32)24-27)35-16-6-3-11-29(35)30-12-4-7-17-36(30)44/h1-25H. The molecule has 3 nitrogen and oxygen atoms in total. The van der Waals surface area contributed by atoms with Crippen LogP contribution in [0.25, 0.3) is 77.1 Å². The number of benzene rings is 6. The molecule has 0 N–H and O–H groups in total. The number of rotatable bonds is 1. The molecule has 2 aliphatic rings. The smallest absolute Gasteiger partial charge is 0.0974 e. The Labute approximate surface area is 270 Å². The maximum absolute atomic E-state index is 5.40. The lowest BCUT2D eigenvalue weighted by Crippen LogP contribution is -2.25. The van der Waals surface area contributed by atoms with Crippen molar-refractivity contribution < 1.29 is 0 Å². The van der Waals surface area contributed by atoms with Crippen molar-refractivity contribution in [3.05, 3.63) is 174 Å². The molecule has 0 aliphatic heterocycles. The van der Waals surface area contributed by atoms with Crippen LogP contribution in [-0.2, 0) is 5.41 Å². The number of hydrogen-bond acceptors (Lipinski definition) is 3. The molecule has 0 saturated carbocycles. The van der Waals surface area contributed by atoms with E-state index in [1.807, 2.05) is 12.3 Å². The molecule has 0 atom stereocenters. The molecule has 11 rings (SSSR count). The van der Waals surface area contributed by atoms with Gasteiger partial charge in [-0.05, 0) is 62.7 Å². The summed E-state index contributed by atoms with van der Waals surface area (Å²) in [5, 5.41) is 4.32. The van der Waals surface area contributed by atoms with Crippen molar-refractivity contribution in [1.82, 2.24) is 15.0 Å². The van der Waals surface area contributed by atoms with Gasteiger partial charge in [0.25, 0.3) is 0 Å². The first-order chi connectivity index (χ1) is 23.3. The van der Waals surface area contributed by atoms with Crippen molar-refractivity contribution >= 4 is 43.6 Å². The maximum Gasteiger partial charge on any atom is 0.0974 e. The number of aromatic nitrogens is 3. The first kappa shape index (κ1) is 25.1. The Balaban J connectivity index is 1.22. The largest absolute Gasteiger partial charge is 0.254 e. The van der Waals surface area contributed by atoms with Crippen molar-refractivity contribution in [2.45, 2.75) is 5.41 Å². The van der Waals surface area contributed by atoms with Crippen LogP contribution in [0.15, 0.2) is 152 Å². The summed E-state index contributed by atoms with van der Waals surface area (Å²) < 4.78 is 0. The zero-order valence-corrected chi connectivity index (χ0v) is 25.3. The summed E-state index contributed by atoms with van der Waals surface area (Å²) in [6.07, 6.45) is 1.84. The fraction of sp³-hybridized carbons (Fsp3) is 0.0227. The molecule has 0 unspecified atom stereocenters. The summed E-state index contributed by atoms with van der Waals surface area (Å²) in [4.78, 5) is 15.3. The zero-order valence-electron chi connectivity index (χ0n) is 25.3. The molecule has 0 saturated heterocycles. The molecule has 216 valence electrons. The van der Waals surface area contributed by atoms with Gasteiger partial charge >= 0.3 is 0 Å². The lowest BCUT2D eigenvalue weighted by molar-refractivity contribution is 0.794. The molecule has 3 heteroatoms.